The number of carboxylic acids is 1. The maximum absolute atomic E-state index is 12.3. The fourth-order valence-corrected chi connectivity index (χ4v) is 6.04. The molecule has 1 aliphatic heterocycles. The summed E-state index contributed by atoms with van der Waals surface area (Å²) in [4.78, 5) is 26.3. The van der Waals surface area contributed by atoms with Crippen LogP contribution in [0.2, 0.25) is 5.02 Å². The summed E-state index contributed by atoms with van der Waals surface area (Å²) in [5, 5.41) is 10.3. The number of benzene rings is 2. The number of fused-ring (bicyclic) bond motifs is 3. The molecule has 6 heteroatoms. The standard InChI is InChI=1S/C27H28ClNO4/c1-2-24(30)21-8-5-19(21)14-29-15-27(11-3-4-17-12-20(28)7-9-22(17)27)16-33-25-10-6-18(26(31)32)13-23(25)29/h2,6-7,9-10,12-13,19,21H,1,3-5,8,11,14-16H2,(H,31,32)/t19-,21+,27-/m0/s1. The first-order valence-corrected chi connectivity index (χ1v) is 12.0. The number of aryl methyl sites for hydroxylation is 1. The highest BCUT2D eigenvalue weighted by Crippen LogP contribution is 2.46. The molecule has 5 rings (SSSR count). The molecule has 0 unspecified atom stereocenters. The van der Waals surface area contributed by atoms with Crippen LogP contribution in [0.25, 0.3) is 0 Å². The number of rotatable bonds is 5. The quantitative estimate of drug-likeness (QED) is 0.607. The van der Waals surface area contributed by atoms with Crippen molar-refractivity contribution in [2.45, 2.75) is 37.5 Å². The second-order valence-electron chi connectivity index (χ2n) is 9.64. The summed E-state index contributed by atoms with van der Waals surface area (Å²) in [5.41, 5.74) is 3.34. The molecule has 1 fully saturated rings. The van der Waals surface area contributed by atoms with E-state index in [-0.39, 0.29) is 28.6 Å². The third-order valence-electron chi connectivity index (χ3n) is 7.72. The molecular weight excluding hydrogens is 438 g/mol. The first kappa shape index (κ1) is 22.0. The van der Waals surface area contributed by atoms with Crippen molar-refractivity contribution >= 4 is 29.0 Å². The molecule has 1 N–H and O–H groups in total. The van der Waals surface area contributed by atoms with Gasteiger partial charge in [0, 0.05) is 29.4 Å². The molecule has 3 aliphatic rings. The SMILES string of the molecule is C=CC(=O)[C@@H]1CC[C@H]1CN1C[C@@]2(CCCc3cc(Cl)ccc32)COc2ccc(C(=O)O)cc21. The van der Waals surface area contributed by atoms with E-state index < -0.39 is 5.97 Å². The van der Waals surface area contributed by atoms with Crippen LogP contribution in [0.15, 0.2) is 49.1 Å². The Bertz CT molecular complexity index is 1130. The van der Waals surface area contributed by atoms with Crippen molar-refractivity contribution in [3.05, 3.63) is 70.8 Å². The van der Waals surface area contributed by atoms with E-state index >= 15 is 0 Å². The first-order chi connectivity index (χ1) is 15.9. The fourth-order valence-electron chi connectivity index (χ4n) is 5.84. The third kappa shape index (κ3) is 3.93. The number of hydrogen-bond donors (Lipinski definition) is 1. The molecule has 33 heavy (non-hydrogen) atoms. The average molecular weight is 466 g/mol. The molecule has 1 saturated carbocycles. The molecule has 3 atom stereocenters. The Morgan fingerprint density at radius 2 is 2.09 bits per heavy atom. The van der Waals surface area contributed by atoms with Gasteiger partial charge < -0.3 is 14.7 Å². The van der Waals surface area contributed by atoms with Crippen LogP contribution in [0.3, 0.4) is 0 Å². The van der Waals surface area contributed by atoms with Gasteiger partial charge in [0.05, 0.1) is 17.9 Å². The van der Waals surface area contributed by atoms with E-state index in [9.17, 15) is 14.7 Å². The number of anilines is 1. The summed E-state index contributed by atoms with van der Waals surface area (Å²) in [7, 11) is 0. The van der Waals surface area contributed by atoms with Crippen molar-refractivity contribution < 1.29 is 19.4 Å². The third-order valence-corrected chi connectivity index (χ3v) is 7.96. The number of carbonyl (C=O) groups excluding carboxylic acids is 1. The van der Waals surface area contributed by atoms with E-state index in [1.165, 1.54) is 17.2 Å². The van der Waals surface area contributed by atoms with Gasteiger partial charge in [0.1, 0.15) is 5.75 Å². The number of carbonyl (C=O) groups is 2. The van der Waals surface area contributed by atoms with Crippen LogP contribution in [0, 0.1) is 11.8 Å². The minimum Gasteiger partial charge on any atom is -0.490 e. The van der Waals surface area contributed by atoms with Crippen LogP contribution < -0.4 is 9.64 Å². The second kappa shape index (κ2) is 8.53. The molecule has 2 aromatic carbocycles. The monoisotopic (exact) mass is 465 g/mol. The fraction of sp³-hybridized carbons (Fsp3) is 0.407. The highest BCUT2D eigenvalue weighted by atomic mass is 35.5. The highest BCUT2D eigenvalue weighted by Gasteiger charge is 2.44. The van der Waals surface area contributed by atoms with Crippen LogP contribution in [0.1, 0.15) is 47.2 Å². The molecule has 2 aromatic rings. The van der Waals surface area contributed by atoms with Gasteiger partial charge in [-0.2, -0.15) is 0 Å². The van der Waals surface area contributed by atoms with Crippen molar-refractivity contribution in [2.75, 3.05) is 24.6 Å². The number of ketones is 1. The van der Waals surface area contributed by atoms with Crippen LogP contribution >= 0.6 is 11.6 Å². The molecule has 172 valence electrons. The number of halogens is 1. The predicted octanol–water partition coefficient (Wildman–Crippen LogP) is 5.29. The number of nitrogens with zero attached hydrogens (tertiary/aromatic N) is 1. The van der Waals surface area contributed by atoms with Gasteiger partial charge in [-0.05, 0) is 85.6 Å². The zero-order valence-electron chi connectivity index (χ0n) is 18.6. The van der Waals surface area contributed by atoms with Gasteiger partial charge in [-0.15, -0.1) is 0 Å². The van der Waals surface area contributed by atoms with Gasteiger partial charge in [0.2, 0.25) is 0 Å². The summed E-state index contributed by atoms with van der Waals surface area (Å²) < 4.78 is 6.37. The zero-order chi connectivity index (χ0) is 23.2. The van der Waals surface area contributed by atoms with Crippen molar-refractivity contribution in [3.8, 4) is 5.75 Å². The van der Waals surface area contributed by atoms with Crippen molar-refractivity contribution in [2.24, 2.45) is 11.8 Å². The molecule has 1 heterocycles. The molecule has 0 bridgehead atoms. The van der Waals surface area contributed by atoms with E-state index in [0.717, 1.165) is 42.8 Å². The number of carboxylic acid groups (broad SMARTS) is 1. The van der Waals surface area contributed by atoms with Crippen LogP contribution in [-0.4, -0.2) is 36.6 Å². The Kier molecular flexibility index (Phi) is 5.69. The lowest BCUT2D eigenvalue weighted by Gasteiger charge is -2.44. The Hall–Kier alpha value is -2.79. The van der Waals surface area contributed by atoms with Crippen LogP contribution in [0.5, 0.6) is 5.75 Å². The highest BCUT2D eigenvalue weighted by molar-refractivity contribution is 6.30. The Labute approximate surface area is 199 Å². The van der Waals surface area contributed by atoms with Crippen LogP contribution in [0.4, 0.5) is 5.69 Å². The zero-order valence-corrected chi connectivity index (χ0v) is 19.3. The van der Waals surface area contributed by atoms with Crippen molar-refractivity contribution in [1.29, 1.82) is 0 Å². The number of allylic oxidation sites excluding steroid dienone is 1. The molecule has 0 radical (unpaired) electrons. The lowest BCUT2D eigenvalue weighted by atomic mass is 9.69. The predicted molar refractivity (Wildman–Crippen MR) is 129 cm³/mol. The number of hydrogen-bond acceptors (Lipinski definition) is 4. The maximum Gasteiger partial charge on any atom is 0.335 e. The molecule has 5 nitrogen and oxygen atoms in total. The van der Waals surface area contributed by atoms with Crippen LogP contribution in [-0.2, 0) is 16.6 Å². The van der Waals surface area contributed by atoms with Gasteiger partial charge in [-0.3, -0.25) is 4.79 Å². The number of ether oxygens (including phenoxy) is 1. The Balaban J connectivity index is 1.55. The summed E-state index contributed by atoms with van der Waals surface area (Å²) in [6.45, 7) is 5.59. The lowest BCUT2D eigenvalue weighted by molar-refractivity contribution is -0.122. The van der Waals surface area contributed by atoms with E-state index in [0.29, 0.717) is 25.4 Å². The van der Waals surface area contributed by atoms with Gasteiger partial charge in [0.15, 0.2) is 5.78 Å². The van der Waals surface area contributed by atoms with E-state index in [2.05, 4.69) is 23.6 Å². The minimum atomic E-state index is -0.960. The maximum atomic E-state index is 12.3. The summed E-state index contributed by atoms with van der Waals surface area (Å²) in [6.07, 6.45) is 6.32. The second-order valence-corrected chi connectivity index (χ2v) is 10.1. The number of aromatic carboxylic acids is 1. The Morgan fingerprint density at radius 1 is 1.24 bits per heavy atom. The minimum absolute atomic E-state index is 0.00817. The molecule has 0 saturated heterocycles. The van der Waals surface area contributed by atoms with Gasteiger partial charge in [0.25, 0.3) is 0 Å². The molecule has 1 spiro atoms. The molecule has 0 amide bonds. The molecule has 2 aliphatic carbocycles. The first-order valence-electron chi connectivity index (χ1n) is 11.6. The van der Waals surface area contributed by atoms with E-state index in [1.807, 2.05) is 6.07 Å². The van der Waals surface area contributed by atoms with Crippen molar-refractivity contribution in [3.63, 3.8) is 0 Å². The smallest absolute Gasteiger partial charge is 0.335 e. The van der Waals surface area contributed by atoms with E-state index in [4.69, 9.17) is 16.3 Å². The molecular formula is C27H28ClNO4. The summed E-state index contributed by atoms with van der Waals surface area (Å²) >= 11 is 6.30. The molecule has 0 aromatic heterocycles. The van der Waals surface area contributed by atoms with Gasteiger partial charge in [-0.1, -0.05) is 24.2 Å². The van der Waals surface area contributed by atoms with Crippen molar-refractivity contribution in [1.82, 2.24) is 0 Å². The Morgan fingerprint density at radius 3 is 2.82 bits per heavy atom. The van der Waals surface area contributed by atoms with Gasteiger partial charge in [-0.25, -0.2) is 4.79 Å². The summed E-state index contributed by atoms with van der Waals surface area (Å²) in [5.74, 6) is 0.0530. The normalized spacial score (nSPS) is 25.8. The van der Waals surface area contributed by atoms with Gasteiger partial charge >= 0.3 is 5.97 Å². The summed E-state index contributed by atoms with van der Waals surface area (Å²) in [6, 6.07) is 11.2. The lowest BCUT2D eigenvalue weighted by Crippen LogP contribution is -2.49. The topological polar surface area (TPSA) is 66.8 Å². The van der Waals surface area contributed by atoms with E-state index in [1.54, 1.807) is 18.2 Å². The average Bonchev–Trinajstić information content (AvgIpc) is 2.93. The largest absolute Gasteiger partial charge is 0.490 e.